The summed E-state index contributed by atoms with van der Waals surface area (Å²) in [5.41, 5.74) is 0.925. The maximum Gasteiger partial charge on any atom is 0.309 e. The third-order valence-corrected chi connectivity index (χ3v) is 5.18. The molecule has 0 radical (unpaired) electrons. The van der Waals surface area contributed by atoms with E-state index >= 15 is 0 Å². The Hall–Kier alpha value is -2.90. The molecule has 0 aliphatic rings. The van der Waals surface area contributed by atoms with Gasteiger partial charge in [-0.3, -0.25) is 9.59 Å². The topological polar surface area (TPSA) is 91.6 Å². The standard InChI is InChI=1S/C20H20N2O4S/c1-13(14-6-3-2-4-7-14)22-20(25)19(24)21-12-15-9-10-17(27-15)18(23)16-8-5-11-26-16/h2-11,13,18,23H,12H2,1H3,(H,21,24)(H,22,25)/t13-,18-/m1/s1. The molecule has 0 fully saturated rings. The largest absolute Gasteiger partial charge is 0.466 e. The number of hydrogen-bond acceptors (Lipinski definition) is 5. The third kappa shape index (κ3) is 4.84. The highest BCUT2D eigenvalue weighted by Gasteiger charge is 2.18. The molecule has 2 aromatic heterocycles. The van der Waals surface area contributed by atoms with Crippen molar-refractivity contribution in [1.29, 1.82) is 0 Å². The maximum atomic E-state index is 12.0. The van der Waals surface area contributed by atoms with E-state index in [1.165, 1.54) is 17.6 Å². The number of benzene rings is 1. The molecule has 7 heteroatoms. The summed E-state index contributed by atoms with van der Waals surface area (Å²) in [6, 6.07) is 16.2. The predicted molar refractivity (Wildman–Crippen MR) is 102 cm³/mol. The van der Waals surface area contributed by atoms with Gasteiger partial charge in [0.15, 0.2) is 0 Å². The number of nitrogens with one attached hydrogen (secondary N) is 2. The zero-order valence-electron chi connectivity index (χ0n) is 14.7. The molecule has 2 atom stereocenters. The zero-order valence-corrected chi connectivity index (χ0v) is 15.5. The van der Waals surface area contributed by atoms with Gasteiger partial charge in [-0.2, -0.15) is 0 Å². The van der Waals surface area contributed by atoms with Crippen LogP contribution in [0.2, 0.25) is 0 Å². The predicted octanol–water partition coefficient (Wildman–Crippen LogP) is 2.92. The quantitative estimate of drug-likeness (QED) is 0.570. The van der Waals surface area contributed by atoms with Crippen LogP contribution in [0.4, 0.5) is 0 Å². The molecule has 3 aromatic rings. The van der Waals surface area contributed by atoms with E-state index in [4.69, 9.17) is 4.42 Å². The van der Waals surface area contributed by atoms with Crippen LogP contribution in [0.25, 0.3) is 0 Å². The van der Waals surface area contributed by atoms with Gasteiger partial charge in [-0.25, -0.2) is 0 Å². The minimum absolute atomic E-state index is 0.210. The minimum Gasteiger partial charge on any atom is -0.466 e. The van der Waals surface area contributed by atoms with Gasteiger partial charge in [-0.05, 0) is 36.8 Å². The number of aliphatic hydroxyl groups is 1. The smallest absolute Gasteiger partial charge is 0.309 e. The Labute approximate surface area is 160 Å². The summed E-state index contributed by atoms with van der Waals surface area (Å²) in [4.78, 5) is 25.6. The van der Waals surface area contributed by atoms with Crippen molar-refractivity contribution in [3.05, 3.63) is 81.9 Å². The van der Waals surface area contributed by atoms with Crippen LogP contribution in [0.3, 0.4) is 0 Å². The second-order valence-corrected chi connectivity index (χ2v) is 7.21. The number of amides is 2. The molecule has 0 aliphatic heterocycles. The lowest BCUT2D eigenvalue weighted by Gasteiger charge is -2.13. The second kappa shape index (κ2) is 8.66. The Kier molecular flexibility index (Phi) is 6.05. The van der Waals surface area contributed by atoms with Crippen molar-refractivity contribution >= 4 is 23.2 Å². The van der Waals surface area contributed by atoms with Crippen molar-refractivity contribution in [2.45, 2.75) is 25.6 Å². The summed E-state index contributed by atoms with van der Waals surface area (Å²) in [6.45, 7) is 2.03. The lowest BCUT2D eigenvalue weighted by molar-refractivity contribution is -0.139. The van der Waals surface area contributed by atoms with Crippen LogP contribution < -0.4 is 10.6 Å². The fourth-order valence-electron chi connectivity index (χ4n) is 2.56. The lowest BCUT2D eigenvalue weighted by atomic mass is 10.1. The molecular weight excluding hydrogens is 364 g/mol. The molecule has 3 rings (SSSR count). The number of aliphatic hydroxyl groups excluding tert-OH is 1. The van der Waals surface area contributed by atoms with Gasteiger partial charge in [-0.15, -0.1) is 11.3 Å². The Bertz CT molecular complexity index is 890. The number of carbonyl (C=O) groups excluding carboxylic acids is 2. The van der Waals surface area contributed by atoms with Crippen molar-refractivity contribution in [1.82, 2.24) is 10.6 Å². The van der Waals surface area contributed by atoms with Crippen LogP contribution in [0, 0.1) is 0 Å². The fourth-order valence-corrected chi connectivity index (χ4v) is 3.51. The summed E-state index contributed by atoms with van der Waals surface area (Å²) in [5, 5.41) is 15.5. The Morgan fingerprint density at radius 2 is 1.85 bits per heavy atom. The van der Waals surface area contributed by atoms with Crippen LogP contribution in [-0.4, -0.2) is 16.9 Å². The number of thiophene rings is 1. The van der Waals surface area contributed by atoms with E-state index < -0.39 is 17.9 Å². The number of carbonyl (C=O) groups is 2. The Morgan fingerprint density at radius 1 is 1.07 bits per heavy atom. The highest BCUT2D eigenvalue weighted by molar-refractivity contribution is 7.12. The Morgan fingerprint density at radius 3 is 2.56 bits per heavy atom. The molecular formula is C20H20N2O4S. The van der Waals surface area contributed by atoms with Gasteiger partial charge >= 0.3 is 11.8 Å². The zero-order chi connectivity index (χ0) is 19.2. The molecule has 2 amide bonds. The van der Waals surface area contributed by atoms with Crippen molar-refractivity contribution in [3.63, 3.8) is 0 Å². The van der Waals surface area contributed by atoms with E-state index in [0.29, 0.717) is 10.6 Å². The molecule has 2 heterocycles. The molecule has 3 N–H and O–H groups in total. The van der Waals surface area contributed by atoms with Gasteiger partial charge in [0.1, 0.15) is 11.9 Å². The van der Waals surface area contributed by atoms with Gasteiger partial charge in [0.05, 0.1) is 18.8 Å². The van der Waals surface area contributed by atoms with Crippen LogP contribution in [0.15, 0.2) is 65.3 Å². The van der Waals surface area contributed by atoms with Crippen LogP contribution in [-0.2, 0) is 16.1 Å². The molecule has 140 valence electrons. The first kappa shape index (κ1) is 18.9. The highest BCUT2D eigenvalue weighted by Crippen LogP contribution is 2.28. The first-order valence-electron chi connectivity index (χ1n) is 8.48. The van der Waals surface area contributed by atoms with Crippen LogP contribution in [0.1, 0.15) is 40.1 Å². The SMILES string of the molecule is C[C@@H](NC(=O)C(=O)NCc1ccc([C@H](O)c2ccco2)s1)c1ccccc1. The molecule has 0 unspecified atom stereocenters. The number of rotatable bonds is 6. The summed E-state index contributed by atoms with van der Waals surface area (Å²) >= 11 is 1.35. The third-order valence-electron chi connectivity index (χ3n) is 4.04. The lowest BCUT2D eigenvalue weighted by Crippen LogP contribution is -2.40. The molecule has 6 nitrogen and oxygen atoms in total. The average Bonchev–Trinajstić information content (AvgIpc) is 3.38. The first-order chi connectivity index (χ1) is 13.0. The fraction of sp³-hybridized carbons (Fsp3) is 0.200. The van der Waals surface area contributed by atoms with E-state index in [2.05, 4.69) is 10.6 Å². The van der Waals surface area contributed by atoms with Crippen molar-refractivity contribution < 1.29 is 19.1 Å². The highest BCUT2D eigenvalue weighted by atomic mass is 32.1. The van der Waals surface area contributed by atoms with Gasteiger partial charge in [0, 0.05) is 9.75 Å². The summed E-state index contributed by atoms with van der Waals surface area (Å²) < 4.78 is 5.20. The van der Waals surface area contributed by atoms with Crippen LogP contribution in [0.5, 0.6) is 0 Å². The van der Waals surface area contributed by atoms with Crippen molar-refractivity contribution in [2.75, 3.05) is 0 Å². The first-order valence-corrected chi connectivity index (χ1v) is 9.30. The summed E-state index contributed by atoms with van der Waals surface area (Å²) in [7, 11) is 0. The van der Waals surface area contributed by atoms with E-state index in [9.17, 15) is 14.7 Å². The van der Waals surface area contributed by atoms with E-state index in [1.807, 2.05) is 37.3 Å². The monoisotopic (exact) mass is 384 g/mol. The average molecular weight is 384 g/mol. The van der Waals surface area contributed by atoms with Gasteiger partial charge < -0.3 is 20.2 Å². The van der Waals surface area contributed by atoms with E-state index in [1.54, 1.807) is 24.3 Å². The van der Waals surface area contributed by atoms with Gasteiger partial charge in [0.2, 0.25) is 0 Å². The molecule has 0 bridgehead atoms. The Balaban J connectivity index is 1.51. The van der Waals surface area contributed by atoms with Crippen LogP contribution >= 0.6 is 11.3 Å². The molecule has 0 saturated carbocycles. The van der Waals surface area contributed by atoms with Gasteiger partial charge in [-0.1, -0.05) is 30.3 Å². The molecule has 1 aromatic carbocycles. The molecule has 0 saturated heterocycles. The molecule has 0 spiro atoms. The summed E-state index contributed by atoms with van der Waals surface area (Å²) in [6.07, 6.45) is 0.659. The summed E-state index contributed by atoms with van der Waals surface area (Å²) in [5.74, 6) is -0.917. The van der Waals surface area contributed by atoms with E-state index in [-0.39, 0.29) is 12.6 Å². The molecule has 27 heavy (non-hydrogen) atoms. The number of hydrogen-bond donors (Lipinski definition) is 3. The second-order valence-electron chi connectivity index (χ2n) is 6.01. The van der Waals surface area contributed by atoms with Gasteiger partial charge in [0.25, 0.3) is 0 Å². The number of furan rings is 1. The van der Waals surface area contributed by atoms with Crippen molar-refractivity contribution in [2.24, 2.45) is 0 Å². The minimum atomic E-state index is -0.843. The van der Waals surface area contributed by atoms with Crippen molar-refractivity contribution in [3.8, 4) is 0 Å². The van der Waals surface area contributed by atoms with E-state index in [0.717, 1.165) is 10.4 Å². The molecule has 0 aliphatic carbocycles. The maximum absolute atomic E-state index is 12.0. The normalized spacial score (nSPS) is 13.0.